The molecule has 0 bridgehead atoms. The van der Waals surface area contributed by atoms with Gasteiger partial charge in [-0.2, -0.15) is 11.8 Å². The summed E-state index contributed by atoms with van der Waals surface area (Å²) in [5.74, 6) is 2.63. The molecule has 2 aromatic rings. The van der Waals surface area contributed by atoms with Crippen LogP contribution in [-0.4, -0.2) is 39.0 Å². The maximum atomic E-state index is 12.6. The maximum Gasteiger partial charge on any atom is 0.262 e. The minimum Gasteiger partial charge on any atom is -0.486 e. The summed E-state index contributed by atoms with van der Waals surface area (Å²) in [5.41, 5.74) is 1.02. The number of ether oxygens (including phenoxy) is 2. The molecular weight excluding hydrogens is 400 g/mol. The minimum absolute atomic E-state index is 0.0643. The Balaban J connectivity index is 1.63. The van der Waals surface area contributed by atoms with Crippen LogP contribution >= 0.6 is 11.8 Å². The second kappa shape index (κ2) is 9.20. The van der Waals surface area contributed by atoms with Crippen molar-refractivity contribution in [1.29, 1.82) is 0 Å². The van der Waals surface area contributed by atoms with Gasteiger partial charge in [0.2, 0.25) is 5.91 Å². The summed E-state index contributed by atoms with van der Waals surface area (Å²) in [6, 6.07) is 11.0. The molecule has 0 saturated heterocycles. The average molecular weight is 423 g/mol. The molecule has 1 heterocycles. The monoisotopic (exact) mass is 422 g/mol. The molecule has 1 amide bonds. The van der Waals surface area contributed by atoms with Gasteiger partial charge in [-0.1, -0.05) is 6.92 Å². The maximum absolute atomic E-state index is 12.6. The van der Waals surface area contributed by atoms with E-state index >= 15 is 0 Å². The second-order valence-electron chi connectivity index (χ2n) is 5.98. The molecule has 0 radical (unpaired) electrons. The van der Waals surface area contributed by atoms with Gasteiger partial charge >= 0.3 is 0 Å². The van der Waals surface area contributed by atoms with E-state index in [0.717, 1.165) is 11.5 Å². The average Bonchev–Trinajstić information content (AvgIpc) is 2.69. The van der Waals surface area contributed by atoms with Crippen LogP contribution in [0.5, 0.6) is 11.5 Å². The lowest BCUT2D eigenvalue weighted by atomic mass is 10.3. The third-order valence-electron chi connectivity index (χ3n) is 3.92. The molecule has 0 aliphatic carbocycles. The first-order valence-corrected chi connectivity index (χ1v) is 11.5. The first-order valence-electron chi connectivity index (χ1n) is 8.88. The van der Waals surface area contributed by atoms with E-state index in [1.54, 1.807) is 42.1 Å². The highest BCUT2D eigenvalue weighted by molar-refractivity contribution is 7.99. The van der Waals surface area contributed by atoms with Crippen LogP contribution < -0.4 is 19.5 Å². The van der Waals surface area contributed by atoms with E-state index in [-0.39, 0.29) is 10.8 Å². The Morgan fingerprint density at radius 3 is 2.43 bits per heavy atom. The lowest BCUT2D eigenvalue weighted by molar-refractivity contribution is -0.115. The molecule has 3 rings (SSSR count). The highest BCUT2D eigenvalue weighted by Gasteiger charge is 2.19. The number of thioether (sulfide) groups is 1. The Bertz CT molecular complexity index is 930. The molecule has 0 atom stereocenters. The van der Waals surface area contributed by atoms with Gasteiger partial charge in [0.15, 0.2) is 11.5 Å². The third kappa shape index (κ3) is 5.32. The van der Waals surface area contributed by atoms with E-state index in [2.05, 4.69) is 10.0 Å². The Kier molecular flexibility index (Phi) is 6.69. The van der Waals surface area contributed by atoms with E-state index in [9.17, 15) is 13.2 Å². The zero-order valence-corrected chi connectivity index (χ0v) is 17.1. The number of sulfonamides is 1. The van der Waals surface area contributed by atoms with Gasteiger partial charge in [0.25, 0.3) is 10.0 Å². The molecule has 28 heavy (non-hydrogen) atoms. The number of amides is 1. The molecule has 7 nitrogen and oxygen atoms in total. The zero-order valence-electron chi connectivity index (χ0n) is 15.4. The highest BCUT2D eigenvalue weighted by atomic mass is 32.2. The summed E-state index contributed by atoms with van der Waals surface area (Å²) in [4.78, 5) is 11.9. The molecule has 0 aromatic heterocycles. The number of fused-ring (bicyclic) bond motifs is 1. The summed E-state index contributed by atoms with van der Waals surface area (Å²) in [5, 5.41) is 2.80. The third-order valence-corrected chi connectivity index (χ3v) is 6.20. The van der Waals surface area contributed by atoms with Crippen molar-refractivity contribution in [2.24, 2.45) is 0 Å². The fraction of sp³-hybridized carbons (Fsp3) is 0.316. The van der Waals surface area contributed by atoms with Crippen LogP contribution in [-0.2, 0) is 14.8 Å². The topological polar surface area (TPSA) is 93.7 Å². The first-order chi connectivity index (χ1) is 13.5. The molecule has 0 saturated carbocycles. The van der Waals surface area contributed by atoms with Crippen molar-refractivity contribution in [1.82, 2.24) is 0 Å². The van der Waals surface area contributed by atoms with Gasteiger partial charge in [-0.25, -0.2) is 8.42 Å². The number of anilines is 2. The van der Waals surface area contributed by atoms with Crippen molar-refractivity contribution in [2.75, 3.05) is 34.8 Å². The van der Waals surface area contributed by atoms with Crippen LogP contribution in [0.1, 0.15) is 13.3 Å². The fourth-order valence-corrected chi connectivity index (χ4v) is 4.25. The zero-order chi connectivity index (χ0) is 20.0. The number of nitrogens with one attached hydrogen (secondary N) is 2. The number of rotatable bonds is 8. The molecule has 0 fully saturated rings. The lowest BCUT2D eigenvalue weighted by Gasteiger charge is -2.19. The SMILES string of the molecule is CCSCCC(=O)Nc1ccc(NS(=O)(=O)c2ccc3c(c2)OCCO3)cc1. The number of hydrogen-bond acceptors (Lipinski definition) is 6. The van der Waals surface area contributed by atoms with E-state index in [0.29, 0.717) is 42.5 Å². The van der Waals surface area contributed by atoms with Crippen molar-refractivity contribution in [3.63, 3.8) is 0 Å². The Morgan fingerprint density at radius 1 is 1.04 bits per heavy atom. The van der Waals surface area contributed by atoms with Crippen LogP contribution in [0.3, 0.4) is 0 Å². The van der Waals surface area contributed by atoms with Crippen molar-refractivity contribution < 1.29 is 22.7 Å². The quantitative estimate of drug-likeness (QED) is 0.634. The largest absolute Gasteiger partial charge is 0.486 e. The van der Waals surface area contributed by atoms with Gasteiger partial charge in [0.05, 0.1) is 4.90 Å². The summed E-state index contributed by atoms with van der Waals surface area (Å²) >= 11 is 1.71. The molecule has 0 spiro atoms. The van der Waals surface area contributed by atoms with Crippen molar-refractivity contribution in [2.45, 2.75) is 18.2 Å². The number of benzene rings is 2. The molecule has 150 valence electrons. The predicted molar refractivity (Wildman–Crippen MR) is 111 cm³/mol. The van der Waals surface area contributed by atoms with Crippen molar-refractivity contribution >= 4 is 39.1 Å². The summed E-state index contributed by atoms with van der Waals surface area (Å²) in [6.45, 7) is 2.87. The van der Waals surface area contributed by atoms with Crippen LogP contribution in [0.25, 0.3) is 0 Å². The molecule has 2 aromatic carbocycles. The van der Waals surface area contributed by atoms with Gasteiger partial charge in [0, 0.05) is 29.6 Å². The van der Waals surface area contributed by atoms with Gasteiger partial charge in [0.1, 0.15) is 13.2 Å². The Morgan fingerprint density at radius 2 is 1.71 bits per heavy atom. The molecule has 9 heteroatoms. The van der Waals surface area contributed by atoms with E-state index in [4.69, 9.17) is 9.47 Å². The van der Waals surface area contributed by atoms with Crippen LogP contribution in [0, 0.1) is 0 Å². The van der Waals surface area contributed by atoms with Crippen LogP contribution in [0.4, 0.5) is 11.4 Å². The second-order valence-corrected chi connectivity index (χ2v) is 9.06. The van der Waals surface area contributed by atoms with E-state index < -0.39 is 10.0 Å². The number of carbonyl (C=O) groups excluding carboxylic acids is 1. The number of hydrogen-bond donors (Lipinski definition) is 2. The minimum atomic E-state index is -3.77. The highest BCUT2D eigenvalue weighted by Crippen LogP contribution is 2.32. The van der Waals surface area contributed by atoms with E-state index in [1.165, 1.54) is 12.1 Å². The standard InChI is InChI=1S/C19H22N2O5S2/c1-2-27-12-9-19(22)20-14-3-5-15(6-4-14)21-28(23,24)16-7-8-17-18(13-16)26-11-10-25-17/h3-8,13,21H,2,9-12H2,1H3,(H,20,22). The van der Waals surface area contributed by atoms with Crippen LogP contribution in [0.2, 0.25) is 0 Å². The fourth-order valence-electron chi connectivity index (χ4n) is 2.56. The molecule has 1 aliphatic rings. The van der Waals surface area contributed by atoms with Crippen LogP contribution in [0.15, 0.2) is 47.4 Å². The van der Waals surface area contributed by atoms with Crippen molar-refractivity contribution in [3.05, 3.63) is 42.5 Å². The van der Waals surface area contributed by atoms with Crippen molar-refractivity contribution in [3.8, 4) is 11.5 Å². The molecule has 1 aliphatic heterocycles. The Hall–Kier alpha value is -2.39. The van der Waals surface area contributed by atoms with Gasteiger partial charge in [-0.15, -0.1) is 0 Å². The van der Waals surface area contributed by atoms with Gasteiger partial charge in [-0.05, 0) is 42.2 Å². The number of carbonyl (C=O) groups is 1. The summed E-state index contributed by atoms with van der Waals surface area (Å²) < 4.78 is 38.6. The predicted octanol–water partition coefficient (Wildman–Crippen LogP) is 3.34. The van der Waals surface area contributed by atoms with E-state index in [1.807, 2.05) is 6.92 Å². The summed E-state index contributed by atoms with van der Waals surface area (Å²) in [7, 11) is -3.77. The first kappa shape index (κ1) is 20.3. The smallest absolute Gasteiger partial charge is 0.262 e. The van der Waals surface area contributed by atoms with Gasteiger partial charge < -0.3 is 14.8 Å². The summed E-state index contributed by atoms with van der Waals surface area (Å²) in [6.07, 6.45) is 0.441. The van der Waals surface area contributed by atoms with Gasteiger partial charge in [-0.3, -0.25) is 9.52 Å². The lowest BCUT2D eigenvalue weighted by Crippen LogP contribution is -2.17. The molecular formula is C19H22N2O5S2. The Labute approximate surface area is 168 Å². The normalized spacial score (nSPS) is 13.0. The molecule has 2 N–H and O–H groups in total. The molecule has 0 unspecified atom stereocenters.